The van der Waals surface area contributed by atoms with Crippen LogP contribution in [0.1, 0.15) is 18.4 Å². The summed E-state index contributed by atoms with van der Waals surface area (Å²) in [6, 6.07) is 3.64. The molecule has 0 amide bonds. The fourth-order valence-corrected chi connectivity index (χ4v) is 4.14. The third-order valence-electron chi connectivity index (χ3n) is 3.56. The van der Waals surface area contributed by atoms with Gasteiger partial charge < -0.3 is 4.74 Å². The number of benzene rings is 1. The van der Waals surface area contributed by atoms with E-state index in [9.17, 15) is 26.4 Å². The Morgan fingerprint density at radius 3 is 2.43 bits per heavy atom. The molecule has 0 aliphatic heterocycles. The van der Waals surface area contributed by atoms with E-state index < -0.39 is 38.7 Å². The van der Waals surface area contributed by atoms with Gasteiger partial charge in [-0.3, -0.25) is 4.79 Å². The molecule has 1 aliphatic carbocycles. The van der Waals surface area contributed by atoms with Crippen molar-refractivity contribution in [3.8, 4) is 0 Å². The van der Waals surface area contributed by atoms with Crippen molar-refractivity contribution in [3.05, 3.63) is 29.8 Å². The summed E-state index contributed by atoms with van der Waals surface area (Å²) in [6.07, 6.45) is -4.45. The lowest BCUT2D eigenvalue weighted by Gasteiger charge is -2.32. The smallest absolute Gasteiger partial charge is 0.416 e. The van der Waals surface area contributed by atoms with Gasteiger partial charge in [0.2, 0.25) is 0 Å². The second kappa shape index (κ2) is 5.32. The molecule has 0 radical (unpaired) electrons. The van der Waals surface area contributed by atoms with E-state index in [0.717, 1.165) is 18.2 Å². The number of carbonyl (C=O) groups excluding carboxylic acids is 1. The molecular weight excluding hydrogens is 309 g/mol. The molecule has 0 unspecified atom stereocenters. The van der Waals surface area contributed by atoms with E-state index in [0.29, 0.717) is 6.07 Å². The number of methoxy groups -OCH3 is 1. The van der Waals surface area contributed by atoms with Gasteiger partial charge in [-0.25, -0.2) is 8.42 Å². The Bertz CT molecular complexity index is 646. The average Bonchev–Trinajstić information content (AvgIpc) is 2.35. The molecular formula is C13H13F3O4S. The number of sulfone groups is 1. The molecule has 21 heavy (non-hydrogen) atoms. The number of ether oxygens (including phenoxy) is 1. The average molecular weight is 322 g/mol. The Balaban J connectivity index is 2.21. The summed E-state index contributed by atoms with van der Waals surface area (Å²) in [6.45, 7) is 0. The molecule has 1 aliphatic rings. The van der Waals surface area contributed by atoms with Crippen molar-refractivity contribution in [3.63, 3.8) is 0 Å². The lowest BCUT2D eigenvalue weighted by molar-refractivity contribution is -0.148. The SMILES string of the molecule is COC(=O)[C@H]1C[C@H](S(=O)(=O)c2cccc(C(F)(F)F)c2)C1. The van der Waals surface area contributed by atoms with Gasteiger partial charge in [-0.15, -0.1) is 0 Å². The maximum Gasteiger partial charge on any atom is 0.416 e. The van der Waals surface area contributed by atoms with Crippen LogP contribution in [0.3, 0.4) is 0 Å². The van der Waals surface area contributed by atoms with E-state index in [1.54, 1.807) is 0 Å². The van der Waals surface area contributed by atoms with E-state index in [-0.39, 0.29) is 17.7 Å². The highest BCUT2D eigenvalue weighted by atomic mass is 32.2. The number of esters is 1. The van der Waals surface area contributed by atoms with Crippen molar-refractivity contribution in [1.29, 1.82) is 0 Å². The third-order valence-corrected chi connectivity index (χ3v) is 5.73. The van der Waals surface area contributed by atoms with Crippen molar-refractivity contribution in [2.75, 3.05) is 7.11 Å². The highest BCUT2D eigenvalue weighted by molar-refractivity contribution is 7.92. The van der Waals surface area contributed by atoms with E-state index in [4.69, 9.17) is 0 Å². The summed E-state index contributed by atoms with van der Waals surface area (Å²) in [5, 5.41) is -0.843. The quantitative estimate of drug-likeness (QED) is 0.802. The maximum atomic E-state index is 12.6. The summed E-state index contributed by atoms with van der Waals surface area (Å²) in [4.78, 5) is 10.9. The Morgan fingerprint density at radius 1 is 1.29 bits per heavy atom. The number of hydrogen-bond donors (Lipinski definition) is 0. The minimum atomic E-state index is -4.60. The third kappa shape index (κ3) is 3.04. The Morgan fingerprint density at radius 2 is 1.90 bits per heavy atom. The summed E-state index contributed by atoms with van der Waals surface area (Å²) in [5.41, 5.74) is -1.01. The van der Waals surface area contributed by atoms with Crippen molar-refractivity contribution >= 4 is 15.8 Å². The molecule has 1 aromatic carbocycles. The number of carbonyl (C=O) groups is 1. The predicted molar refractivity (Wildman–Crippen MR) is 67.2 cm³/mol. The Labute approximate surface area is 119 Å². The van der Waals surface area contributed by atoms with Crippen molar-refractivity contribution in [2.45, 2.75) is 29.2 Å². The molecule has 8 heteroatoms. The van der Waals surface area contributed by atoms with Crippen LogP contribution in [-0.2, 0) is 25.5 Å². The van der Waals surface area contributed by atoms with Crippen LogP contribution in [-0.4, -0.2) is 26.7 Å². The first-order valence-electron chi connectivity index (χ1n) is 6.15. The molecule has 0 bridgehead atoms. The molecule has 0 saturated heterocycles. The van der Waals surface area contributed by atoms with Gasteiger partial charge in [0.1, 0.15) is 0 Å². The molecule has 1 aromatic rings. The molecule has 1 fully saturated rings. The van der Waals surface area contributed by atoms with E-state index in [1.165, 1.54) is 7.11 Å². The number of halogens is 3. The molecule has 0 N–H and O–H groups in total. The Kier molecular flexibility index (Phi) is 4.01. The fourth-order valence-electron chi connectivity index (χ4n) is 2.22. The highest BCUT2D eigenvalue weighted by Crippen LogP contribution is 2.38. The molecule has 0 atom stereocenters. The first kappa shape index (κ1) is 15.8. The van der Waals surface area contributed by atoms with E-state index in [1.807, 2.05) is 0 Å². The molecule has 0 aromatic heterocycles. The van der Waals surface area contributed by atoms with Crippen LogP contribution in [0.4, 0.5) is 13.2 Å². The van der Waals surface area contributed by atoms with Gasteiger partial charge in [0.25, 0.3) is 0 Å². The first-order chi connectivity index (χ1) is 9.66. The zero-order valence-electron chi connectivity index (χ0n) is 11.1. The zero-order chi connectivity index (χ0) is 15.8. The highest BCUT2D eigenvalue weighted by Gasteiger charge is 2.44. The van der Waals surface area contributed by atoms with Crippen LogP contribution in [0.2, 0.25) is 0 Å². The van der Waals surface area contributed by atoms with E-state index >= 15 is 0 Å². The lowest BCUT2D eigenvalue weighted by atomic mass is 9.85. The van der Waals surface area contributed by atoms with Crippen LogP contribution in [0.15, 0.2) is 29.2 Å². The molecule has 116 valence electrons. The molecule has 1 saturated carbocycles. The topological polar surface area (TPSA) is 60.4 Å². The van der Waals surface area contributed by atoms with Crippen molar-refractivity contribution in [1.82, 2.24) is 0 Å². The van der Waals surface area contributed by atoms with Gasteiger partial charge in [-0.1, -0.05) is 6.07 Å². The van der Waals surface area contributed by atoms with Crippen LogP contribution in [0.25, 0.3) is 0 Å². The van der Waals surface area contributed by atoms with Gasteiger partial charge in [-0.05, 0) is 31.0 Å². The van der Waals surface area contributed by atoms with Crippen molar-refractivity contribution < 1.29 is 31.1 Å². The summed E-state index contributed by atoms with van der Waals surface area (Å²) < 4.78 is 66.8. The Hall–Kier alpha value is -1.57. The minimum absolute atomic E-state index is 0.0747. The minimum Gasteiger partial charge on any atom is -0.469 e. The zero-order valence-corrected chi connectivity index (χ0v) is 11.9. The fraction of sp³-hybridized carbons (Fsp3) is 0.462. The van der Waals surface area contributed by atoms with Gasteiger partial charge in [-0.2, -0.15) is 13.2 Å². The molecule has 0 heterocycles. The van der Waals surface area contributed by atoms with Crippen LogP contribution < -0.4 is 0 Å². The second-order valence-corrected chi connectivity index (χ2v) is 7.11. The normalized spacial score (nSPS) is 22.5. The lowest BCUT2D eigenvalue weighted by Crippen LogP contribution is -2.40. The van der Waals surface area contributed by atoms with Crippen LogP contribution in [0.5, 0.6) is 0 Å². The number of rotatable bonds is 3. The van der Waals surface area contributed by atoms with Gasteiger partial charge in [0.15, 0.2) is 9.84 Å². The van der Waals surface area contributed by atoms with Gasteiger partial charge in [0.05, 0.1) is 28.7 Å². The molecule has 0 spiro atoms. The first-order valence-corrected chi connectivity index (χ1v) is 7.70. The summed E-state index contributed by atoms with van der Waals surface area (Å²) >= 11 is 0. The molecule has 4 nitrogen and oxygen atoms in total. The van der Waals surface area contributed by atoms with Crippen molar-refractivity contribution in [2.24, 2.45) is 5.92 Å². The summed E-state index contributed by atoms with van der Waals surface area (Å²) in [7, 11) is -2.66. The van der Waals surface area contributed by atoms with Crippen LogP contribution >= 0.6 is 0 Å². The van der Waals surface area contributed by atoms with E-state index in [2.05, 4.69) is 4.74 Å². The van der Waals surface area contributed by atoms with Gasteiger partial charge >= 0.3 is 12.1 Å². The van der Waals surface area contributed by atoms with Gasteiger partial charge in [0, 0.05) is 0 Å². The number of alkyl halides is 3. The second-order valence-electron chi connectivity index (χ2n) is 4.88. The van der Waals surface area contributed by atoms with Crippen LogP contribution in [0, 0.1) is 5.92 Å². The standard InChI is InChI=1S/C13H13F3O4S/c1-20-12(17)8-5-11(6-8)21(18,19)10-4-2-3-9(7-10)13(14,15)16/h2-4,7-8,11H,5-6H2,1H3/t8-,11-. The predicted octanol–water partition coefficient (Wildman–Crippen LogP) is 2.43. The molecule has 2 rings (SSSR count). The number of hydrogen-bond acceptors (Lipinski definition) is 4. The monoisotopic (exact) mass is 322 g/mol. The maximum absolute atomic E-state index is 12.6. The summed E-state index contributed by atoms with van der Waals surface area (Å²) in [5.74, 6) is -0.994. The largest absolute Gasteiger partial charge is 0.469 e.